The van der Waals surface area contributed by atoms with Gasteiger partial charge < -0.3 is 24.4 Å². The van der Waals surface area contributed by atoms with Crippen molar-refractivity contribution in [3.63, 3.8) is 0 Å². The smallest absolute Gasteiger partial charge is 0.409 e. The van der Waals surface area contributed by atoms with Crippen molar-refractivity contribution >= 4 is 28.8 Å². The van der Waals surface area contributed by atoms with Crippen LogP contribution in [0.15, 0.2) is 54.7 Å². The lowest BCUT2D eigenvalue weighted by atomic mass is 9.97. The number of hydrogen-bond acceptors (Lipinski definition) is 4. The Bertz CT molecular complexity index is 1310. The number of nitrogens with one attached hydrogen (secondary N) is 1. The molecule has 2 aliphatic rings. The van der Waals surface area contributed by atoms with Gasteiger partial charge in [-0.2, -0.15) is 0 Å². The van der Waals surface area contributed by atoms with E-state index in [1.54, 1.807) is 23.6 Å². The van der Waals surface area contributed by atoms with Gasteiger partial charge in [0.2, 0.25) is 5.91 Å². The fraction of sp³-hybridized carbons (Fsp3) is 0.393. The van der Waals surface area contributed by atoms with E-state index in [2.05, 4.69) is 28.2 Å². The first-order chi connectivity index (χ1) is 17.4. The molecule has 0 saturated carbocycles. The van der Waals surface area contributed by atoms with Gasteiger partial charge in [-0.15, -0.1) is 0 Å². The largest absolute Gasteiger partial charge is 0.450 e. The Morgan fingerprint density at radius 1 is 1.06 bits per heavy atom. The second-order valence-electron chi connectivity index (χ2n) is 9.56. The molecule has 0 radical (unpaired) electrons. The molecule has 3 heterocycles. The first kappa shape index (κ1) is 23.9. The lowest BCUT2D eigenvalue weighted by molar-refractivity contribution is -0.126. The molecule has 0 spiro atoms. The minimum atomic E-state index is -0.669. The Morgan fingerprint density at radius 3 is 2.50 bits per heavy atom. The maximum Gasteiger partial charge on any atom is 0.409 e. The Morgan fingerprint density at radius 2 is 1.75 bits per heavy atom. The zero-order valence-corrected chi connectivity index (χ0v) is 20.9. The van der Waals surface area contributed by atoms with E-state index in [-0.39, 0.29) is 30.0 Å². The summed E-state index contributed by atoms with van der Waals surface area (Å²) in [6.07, 6.45) is 3.05. The number of aromatic nitrogens is 1. The fourth-order valence-electron chi connectivity index (χ4n) is 5.51. The number of hydrogen-bond donors (Lipinski definition) is 1. The zero-order chi connectivity index (χ0) is 25.4. The van der Waals surface area contributed by atoms with Crippen LogP contribution in [0, 0.1) is 0 Å². The number of carbonyl (C=O) groups excluding carboxylic acids is 3. The molecule has 8 heteroatoms. The van der Waals surface area contributed by atoms with Gasteiger partial charge in [-0.05, 0) is 44.4 Å². The van der Waals surface area contributed by atoms with E-state index in [4.69, 9.17) is 4.74 Å². The van der Waals surface area contributed by atoms with E-state index >= 15 is 0 Å². The number of fused-ring (bicyclic) bond motifs is 2. The van der Waals surface area contributed by atoms with Crippen LogP contribution in [0.5, 0.6) is 0 Å². The molecule has 3 amide bonds. The van der Waals surface area contributed by atoms with Crippen molar-refractivity contribution in [3.05, 3.63) is 71.4 Å². The molecular weight excluding hydrogens is 456 g/mol. The molecule has 36 heavy (non-hydrogen) atoms. The lowest BCUT2D eigenvalue weighted by Gasteiger charge is -2.34. The number of ether oxygens (including phenoxy) is 1. The van der Waals surface area contributed by atoms with Crippen LogP contribution in [0.4, 0.5) is 4.79 Å². The highest BCUT2D eigenvalue weighted by Crippen LogP contribution is 2.42. The van der Waals surface area contributed by atoms with Gasteiger partial charge in [0.25, 0.3) is 5.91 Å². The first-order valence-corrected chi connectivity index (χ1v) is 12.6. The fourth-order valence-corrected chi connectivity index (χ4v) is 5.51. The molecule has 2 atom stereocenters. The molecule has 1 fully saturated rings. The SMILES string of the molecule is CCOC(=O)N1CCC(NC(=O)[C@@H](C)N2C(=O)c3ccccc3[C@@H]2c2cn(C)c3ccccc23)CC1. The second kappa shape index (κ2) is 9.68. The number of likely N-dealkylation sites (tertiary alicyclic amines) is 1. The van der Waals surface area contributed by atoms with Crippen LogP contribution in [-0.4, -0.2) is 64.1 Å². The second-order valence-corrected chi connectivity index (χ2v) is 9.56. The first-order valence-electron chi connectivity index (χ1n) is 12.6. The monoisotopic (exact) mass is 488 g/mol. The number of benzene rings is 2. The summed E-state index contributed by atoms with van der Waals surface area (Å²) in [5.41, 5.74) is 3.64. The summed E-state index contributed by atoms with van der Waals surface area (Å²) in [6.45, 7) is 4.99. The van der Waals surface area contributed by atoms with E-state index in [0.717, 1.165) is 22.0 Å². The van der Waals surface area contributed by atoms with Gasteiger partial charge in [-0.1, -0.05) is 36.4 Å². The van der Waals surface area contributed by atoms with Crippen LogP contribution in [0.1, 0.15) is 54.2 Å². The highest BCUT2D eigenvalue weighted by atomic mass is 16.6. The van der Waals surface area contributed by atoms with Crippen LogP contribution in [0.3, 0.4) is 0 Å². The van der Waals surface area contributed by atoms with Crippen LogP contribution >= 0.6 is 0 Å². The third kappa shape index (κ3) is 4.10. The van der Waals surface area contributed by atoms with Crippen molar-refractivity contribution in [2.75, 3.05) is 19.7 Å². The molecule has 3 aromatic rings. The molecule has 5 rings (SSSR count). The summed E-state index contributed by atoms with van der Waals surface area (Å²) in [7, 11) is 2.00. The van der Waals surface area contributed by atoms with Crippen molar-refractivity contribution in [2.24, 2.45) is 7.05 Å². The number of carbonyl (C=O) groups is 3. The number of piperidine rings is 1. The minimum Gasteiger partial charge on any atom is -0.450 e. The molecule has 188 valence electrons. The van der Waals surface area contributed by atoms with E-state index < -0.39 is 6.04 Å². The van der Waals surface area contributed by atoms with E-state index in [9.17, 15) is 14.4 Å². The molecule has 1 saturated heterocycles. The third-order valence-electron chi connectivity index (χ3n) is 7.38. The molecule has 0 unspecified atom stereocenters. The lowest BCUT2D eigenvalue weighted by Crippen LogP contribution is -2.52. The summed E-state index contributed by atoms with van der Waals surface area (Å²) in [6, 6.07) is 14.7. The molecule has 2 aliphatic heterocycles. The number of para-hydroxylation sites is 1. The number of aryl methyl sites for hydroxylation is 1. The van der Waals surface area contributed by atoms with Crippen molar-refractivity contribution < 1.29 is 19.1 Å². The van der Waals surface area contributed by atoms with Crippen molar-refractivity contribution in [1.82, 2.24) is 19.7 Å². The van der Waals surface area contributed by atoms with Gasteiger partial charge >= 0.3 is 6.09 Å². The van der Waals surface area contributed by atoms with Crippen LogP contribution in [0.25, 0.3) is 10.9 Å². The van der Waals surface area contributed by atoms with Crippen molar-refractivity contribution in [1.29, 1.82) is 0 Å². The van der Waals surface area contributed by atoms with Crippen molar-refractivity contribution in [3.8, 4) is 0 Å². The van der Waals surface area contributed by atoms with Crippen LogP contribution in [-0.2, 0) is 16.6 Å². The Hall–Kier alpha value is -3.81. The van der Waals surface area contributed by atoms with Gasteiger partial charge in [0.05, 0.1) is 12.6 Å². The highest BCUT2D eigenvalue weighted by molar-refractivity contribution is 6.03. The zero-order valence-electron chi connectivity index (χ0n) is 20.9. The Balaban J connectivity index is 1.39. The normalized spacial score (nSPS) is 18.9. The summed E-state index contributed by atoms with van der Waals surface area (Å²) >= 11 is 0. The summed E-state index contributed by atoms with van der Waals surface area (Å²) < 4.78 is 7.15. The maximum atomic E-state index is 13.6. The van der Waals surface area contributed by atoms with Gasteiger partial charge in [0.1, 0.15) is 6.04 Å². The van der Waals surface area contributed by atoms with E-state index in [1.807, 2.05) is 43.4 Å². The molecule has 0 aliphatic carbocycles. The van der Waals surface area contributed by atoms with Crippen molar-refractivity contribution in [2.45, 2.75) is 44.8 Å². The summed E-state index contributed by atoms with van der Waals surface area (Å²) in [5, 5.41) is 4.20. The van der Waals surface area contributed by atoms with Crippen LogP contribution < -0.4 is 5.32 Å². The van der Waals surface area contributed by atoms with E-state index in [0.29, 0.717) is 38.1 Å². The van der Waals surface area contributed by atoms with Gasteiger partial charge in [0, 0.05) is 54.4 Å². The Kier molecular flexibility index (Phi) is 6.43. The molecule has 0 bridgehead atoms. The highest BCUT2D eigenvalue weighted by Gasteiger charge is 2.43. The third-order valence-corrected chi connectivity index (χ3v) is 7.38. The standard InChI is InChI=1S/C28H32N4O4/c1-4-36-28(35)31-15-13-19(14-16-31)29-26(33)18(2)32-25(21-10-5-6-11-22(21)27(32)34)23-17-30(3)24-12-8-7-9-20(23)24/h5-12,17-19,25H,4,13-16H2,1-3H3,(H,29,33)/t18-,25-/m1/s1. The average molecular weight is 489 g/mol. The molecule has 8 nitrogen and oxygen atoms in total. The van der Waals surface area contributed by atoms with E-state index in [1.165, 1.54) is 0 Å². The number of rotatable bonds is 5. The van der Waals surface area contributed by atoms with Gasteiger partial charge in [-0.3, -0.25) is 9.59 Å². The number of nitrogens with zero attached hydrogens (tertiary/aromatic N) is 3. The minimum absolute atomic E-state index is 0.0540. The predicted molar refractivity (Wildman–Crippen MR) is 137 cm³/mol. The topological polar surface area (TPSA) is 83.9 Å². The predicted octanol–water partition coefficient (Wildman–Crippen LogP) is 3.85. The molecule has 2 aromatic carbocycles. The summed E-state index contributed by atoms with van der Waals surface area (Å²) in [4.78, 5) is 42.4. The molecule has 1 aromatic heterocycles. The Labute approximate surface area is 210 Å². The van der Waals surface area contributed by atoms with Gasteiger partial charge in [-0.25, -0.2) is 4.79 Å². The quantitative estimate of drug-likeness (QED) is 0.591. The average Bonchev–Trinajstić information content (AvgIpc) is 3.38. The maximum absolute atomic E-state index is 13.6. The number of amides is 3. The summed E-state index contributed by atoms with van der Waals surface area (Å²) in [5.74, 6) is -0.320. The van der Waals surface area contributed by atoms with Crippen LogP contribution in [0.2, 0.25) is 0 Å². The molecular formula is C28H32N4O4. The molecule has 1 N–H and O–H groups in total. The van der Waals surface area contributed by atoms with Gasteiger partial charge in [0.15, 0.2) is 0 Å².